The molecule has 42 heavy (non-hydrogen) atoms. The van der Waals surface area contributed by atoms with E-state index in [1.807, 2.05) is 20.8 Å². The summed E-state index contributed by atoms with van der Waals surface area (Å²) < 4.78 is 34.2. The minimum atomic E-state index is -4.19. The third kappa shape index (κ3) is 7.96. The number of amides is 2. The van der Waals surface area contributed by atoms with Crippen molar-refractivity contribution in [3.05, 3.63) is 87.9 Å². The maximum Gasteiger partial charge on any atom is 0.264 e. The molecule has 0 unspecified atom stereocenters. The summed E-state index contributed by atoms with van der Waals surface area (Å²) in [6, 6.07) is 16.7. The Labute approximate surface area is 258 Å². The number of halogens is 2. The monoisotopic (exact) mass is 633 g/mol. The summed E-state index contributed by atoms with van der Waals surface area (Å²) >= 11 is 12.9. The number of methoxy groups -OCH3 is 1. The maximum atomic E-state index is 14.2. The smallest absolute Gasteiger partial charge is 0.264 e. The van der Waals surface area contributed by atoms with Gasteiger partial charge in [0.05, 0.1) is 17.7 Å². The van der Waals surface area contributed by atoms with Crippen LogP contribution >= 0.6 is 23.2 Å². The third-order valence-corrected chi connectivity index (χ3v) is 9.52. The topological polar surface area (TPSA) is 96.0 Å². The predicted octanol–water partition coefficient (Wildman–Crippen LogP) is 6.23. The lowest BCUT2D eigenvalue weighted by atomic mass is 10.1. The molecule has 0 radical (unpaired) electrons. The first-order chi connectivity index (χ1) is 19.9. The van der Waals surface area contributed by atoms with Crippen LogP contribution in [0, 0.1) is 6.92 Å². The van der Waals surface area contributed by atoms with Crippen molar-refractivity contribution in [1.82, 2.24) is 10.2 Å². The van der Waals surface area contributed by atoms with E-state index in [9.17, 15) is 18.0 Å². The number of hydrogen-bond donors (Lipinski definition) is 1. The van der Waals surface area contributed by atoms with Crippen LogP contribution in [0.25, 0.3) is 0 Å². The average Bonchev–Trinajstić information content (AvgIpc) is 2.97. The second-order valence-corrected chi connectivity index (χ2v) is 12.7. The molecule has 0 fully saturated rings. The molecule has 3 aromatic rings. The van der Waals surface area contributed by atoms with Crippen molar-refractivity contribution < 1.29 is 22.7 Å². The Kier molecular flexibility index (Phi) is 11.7. The fourth-order valence-electron chi connectivity index (χ4n) is 4.33. The molecule has 226 valence electrons. The average molecular weight is 635 g/mol. The van der Waals surface area contributed by atoms with E-state index >= 15 is 0 Å². The molecule has 1 N–H and O–H groups in total. The van der Waals surface area contributed by atoms with Crippen molar-refractivity contribution in [2.45, 2.75) is 64.1 Å². The van der Waals surface area contributed by atoms with E-state index in [1.165, 1.54) is 24.1 Å². The minimum absolute atomic E-state index is 0.0268. The summed E-state index contributed by atoms with van der Waals surface area (Å²) in [5, 5.41) is 3.61. The highest BCUT2D eigenvalue weighted by molar-refractivity contribution is 7.92. The molecule has 2 atom stereocenters. The fourth-order valence-corrected chi connectivity index (χ4v) is 6.26. The van der Waals surface area contributed by atoms with Gasteiger partial charge < -0.3 is 15.0 Å². The van der Waals surface area contributed by atoms with Gasteiger partial charge in [-0.2, -0.15) is 0 Å². The highest BCUT2D eigenvalue weighted by Crippen LogP contribution is 2.29. The minimum Gasteiger partial charge on any atom is -0.497 e. The van der Waals surface area contributed by atoms with Crippen LogP contribution in [0.5, 0.6) is 5.75 Å². The number of carbonyl (C=O) groups is 2. The summed E-state index contributed by atoms with van der Waals surface area (Å²) in [6.45, 7) is 6.80. The normalized spacial score (nSPS) is 12.7. The summed E-state index contributed by atoms with van der Waals surface area (Å²) in [6.07, 6.45) is 0.982. The quantitative estimate of drug-likeness (QED) is 0.241. The molecular formula is C31H37Cl2N3O5S. The molecule has 0 saturated heterocycles. The van der Waals surface area contributed by atoms with Gasteiger partial charge in [-0.3, -0.25) is 13.9 Å². The van der Waals surface area contributed by atoms with Crippen LogP contribution in [0.1, 0.15) is 44.7 Å². The molecule has 0 aromatic heterocycles. The first-order valence-electron chi connectivity index (χ1n) is 13.7. The first kappa shape index (κ1) is 33.2. The lowest BCUT2D eigenvalue weighted by molar-refractivity contribution is -0.140. The number of anilines is 1. The summed E-state index contributed by atoms with van der Waals surface area (Å²) in [7, 11) is -2.69. The van der Waals surface area contributed by atoms with Gasteiger partial charge in [0.15, 0.2) is 0 Å². The Balaban J connectivity index is 2.10. The van der Waals surface area contributed by atoms with Crippen LogP contribution in [0.15, 0.2) is 71.6 Å². The van der Waals surface area contributed by atoms with Gasteiger partial charge in [0.1, 0.15) is 18.3 Å². The Morgan fingerprint density at radius 1 is 0.929 bits per heavy atom. The molecule has 0 spiro atoms. The second kappa shape index (κ2) is 14.8. The van der Waals surface area contributed by atoms with E-state index < -0.39 is 28.5 Å². The van der Waals surface area contributed by atoms with Crippen molar-refractivity contribution >= 4 is 50.7 Å². The largest absolute Gasteiger partial charge is 0.497 e. The van der Waals surface area contributed by atoms with Crippen LogP contribution in [0.3, 0.4) is 0 Å². The van der Waals surface area contributed by atoms with Gasteiger partial charge in [0, 0.05) is 28.2 Å². The Bertz CT molecular complexity index is 1460. The van der Waals surface area contributed by atoms with Gasteiger partial charge >= 0.3 is 0 Å². The van der Waals surface area contributed by atoms with Crippen LogP contribution in [0.4, 0.5) is 5.69 Å². The van der Waals surface area contributed by atoms with E-state index in [2.05, 4.69) is 5.32 Å². The highest BCUT2D eigenvalue weighted by Gasteiger charge is 2.34. The number of hydrogen-bond acceptors (Lipinski definition) is 5. The molecule has 0 saturated carbocycles. The molecule has 3 rings (SSSR count). The third-order valence-electron chi connectivity index (χ3n) is 7.03. The zero-order chi connectivity index (χ0) is 31.0. The van der Waals surface area contributed by atoms with Crippen LogP contribution in [-0.4, -0.2) is 50.9 Å². The SMILES string of the molecule is CC[C@@H](C)NC(=O)[C@@H](CC)N(Cc1c(Cl)cccc1Cl)C(=O)CN(c1ccc(OC)cc1)S(=O)(=O)c1ccc(C)cc1. The molecular weight excluding hydrogens is 597 g/mol. The lowest BCUT2D eigenvalue weighted by Gasteiger charge is -2.34. The van der Waals surface area contributed by atoms with Crippen molar-refractivity contribution in [3.63, 3.8) is 0 Å². The molecule has 0 aliphatic rings. The van der Waals surface area contributed by atoms with Crippen LogP contribution in [0.2, 0.25) is 10.0 Å². The number of carbonyl (C=O) groups excluding carboxylic acids is 2. The van der Waals surface area contributed by atoms with Gasteiger partial charge in [0.25, 0.3) is 10.0 Å². The fraction of sp³-hybridized carbons (Fsp3) is 0.355. The first-order valence-corrected chi connectivity index (χ1v) is 15.9. The van der Waals surface area contributed by atoms with Crippen molar-refractivity contribution in [3.8, 4) is 5.75 Å². The molecule has 3 aromatic carbocycles. The van der Waals surface area contributed by atoms with Crippen molar-refractivity contribution in [2.75, 3.05) is 18.0 Å². The Hall–Kier alpha value is -3.27. The number of rotatable bonds is 13. The molecule has 8 nitrogen and oxygen atoms in total. The Morgan fingerprint density at radius 3 is 2.05 bits per heavy atom. The van der Waals surface area contributed by atoms with Gasteiger partial charge in [-0.15, -0.1) is 0 Å². The second-order valence-electron chi connectivity index (χ2n) is 9.99. The number of sulfonamides is 1. The Morgan fingerprint density at radius 2 is 1.52 bits per heavy atom. The zero-order valence-corrected chi connectivity index (χ0v) is 26.8. The lowest BCUT2D eigenvalue weighted by Crippen LogP contribution is -2.53. The van der Waals surface area contributed by atoms with Gasteiger partial charge in [-0.05, 0) is 75.2 Å². The number of nitrogens with one attached hydrogen (secondary N) is 1. The van der Waals surface area contributed by atoms with Gasteiger partial charge in [0.2, 0.25) is 11.8 Å². The molecule has 11 heteroatoms. The number of benzene rings is 3. The van der Waals surface area contributed by atoms with Crippen molar-refractivity contribution in [1.29, 1.82) is 0 Å². The summed E-state index contributed by atoms with van der Waals surface area (Å²) in [5.41, 5.74) is 1.61. The summed E-state index contributed by atoms with van der Waals surface area (Å²) in [5.74, 6) is -0.412. The molecule has 0 bridgehead atoms. The van der Waals surface area contributed by atoms with E-state index in [0.717, 1.165) is 9.87 Å². The molecule has 0 heterocycles. The van der Waals surface area contributed by atoms with E-state index in [4.69, 9.17) is 27.9 Å². The highest BCUT2D eigenvalue weighted by atomic mass is 35.5. The van der Waals surface area contributed by atoms with E-state index in [1.54, 1.807) is 61.5 Å². The molecule has 0 aliphatic heterocycles. The standard InChI is InChI=1S/C31H37Cl2N3O5S/c1-6-22(4)34-31(38)29(7-2)35(19-26-27(32)9-8-10-28(26)33)30(37)20-36(23-13-15-24(41-5)16-14-23)42(39,40)25-17-11-21(3)12-18-25/h8-18,22,29H,6-7,19-20H2,1-5H3,(H,34,38)/t22-,29-/m1/s1. The van der Waals surface area contributed by atoms with Crippen LogP contribution < -0.4 is 14.4 Å². The summed E-state index contributed by atoms with van der Waals surface area (Å²) in [4.78, 5) is 29.0. The van der Waals surface area contributed by atoms with Crippen LogP contribution in [-0.2, 0) is 26.2 Å². The van der Waals surface area contributed by atoms with Gasteiger partial charge in [-0.1, -0.05) is 60.8 Å². The van der Waals surface area contributed by atoms with Gasteiger partial charge in [-0.25, -0.2) is 8.42 Å². The molecule has 2 amide bonds. The zero-order valence-electron chi connectivity index (χ0n) is 24.4. The molecule has 0 aliphatic carbocycles. The van der Waals surface area contributed by atoms with E-state index in [-0.39, 0.29) is 35.5 Å². The predicted molar refractivity (Wildman–Crippen MR) is 168 cm³/mol. The van der Waals surface area contributed by atoms with E-state index in [0.29, 0.717) is 27.8 Å². The number of aryl methyl sites for hydroxylation is 1. The number of ether oxygens (including phenoxy) is 1. The van der Waals surface area contributed by atoms with Crippen molar-refractivity contribution in [2.24, 2.45) is 0 Å². The number of nitrogens with zero attached hydrogens (tertiary/aromatic N) is 2. The maximum absolute atomic E-state index is 14.2.